The van der Waals surface area contributed by atoms with Crippen LogP contribution in [0.3, 0.4) is 0 Å². The molecule has 0 aromatic heterocycles. The first-order valence-electron chi connectivity index (χ1n) is 5.75. The van der Waals surface area contributed by atoms with E-state index in [1.54, 1.807) is 0 Å². The van der Waals surface area contributed by atoms with E-state index in [4.69, 9.17) is 4.74 Å². The minimum Gasteiger partial charge on any atom is -0.381 e. The minimum absolute atomic E-state index is 0.0235. The number of Topliss-reactive ketones (excluding diaryl/α,β-unsaturated/α-hetero) is 1. The van der Waals surface area contributed by atoms with Crippen molar-refractivity contribution in [1.29, 1.82) is 0 Å². The van der Waals surface area contributed by atoms with Crippen LogP contribution in [0, 0.1) is 5.92 Å². The van der Waals surface area contributed by atoms with Crippen LogP contribution in [0.2, 0.25) is 0 Å². The fraction of sp³-hybridized carbons (Fsp3) is 0.909. The molecular weight excluding hydrogens is 212 g/mol. The van der Waals surface area contributed by atoms with Crippen LogP contribution in [-0.2, 0) is 20.3 Å². The van der Waals surface area contributed by atoms with Gasteiger partial charge in [0.2, 0.25) is 0 Å². The van der Waals surface area contributed by atoms with Gasteiger partial charge in [0.1, 0.15) is 0 Å². The Balaban J connectivity index is 1.79. The first-order chi connectivity index (χ1) is 7.27. The average Bonchev–Trinajstić information content (AvgIpc) is 2.91. The van der Waals surface area contributed by atoms with E-state index in [1.807, 2.05) is 0 Å². The van der Waals surface area contributed by atoms with Crippen LogP contribution < -0.4 is 0 Å². The highest BCUT2D eigenvalue weighted by molar-refractivity contribution is 7.86. The second-order valence-corrected chi connectivity index (χ2v) is 6.18. The maximum Gasteiger partial charge on any atom is 0.150 e. The number of rotatable bonds is 4. The molecular formula is C11H18O3S. The largest absolute Gasteiger partial charge is 0.381 e. The monoisotopic (exact) mass is 230 g/mol. The van der Waals surface area contributed by atoms with Crippen molar-refractivity contribution in [2.75, 3.05) is 19.0 Å². The molecule has 0 aromatic carbocycles. The van der Waals surface area contributed by atoms with Crippen LogP contribution in [0.5, 0.6) is 0 Å². The molecule has 1 saturated heterocycles. The molecule has 1 heterocycles. The predicted octanol–water partition coefficient (Wildman–Crippen LogP) is 1.28. The van der Waals surface area contributed by atoms with Crippen LogP contribution in [-0.4, -0.2) is 34.2 Å². The van der Waals surface area contributed by atoms with Crippen molar-refractivity contribution in [1.82, 2.24) is 0 Å². The summed E-state index contributed by atoms with van der Waals surface area (Å²) in [5, 5.41) is 0.288. The Hall–Kier alpha value is -0.220. The first kappa shape index (κ1) is 11.3. The van der Waals surface area contributed by atoms with Gasteiger partial charge in [0.25, 0.3) is 0 Å². The van der Waals surface area contributed by atoms with E-state index < -0.39 is 10.8 Å². The molecule has 2 aliphatic rings. The average molecular weight is 230 g/mol. The van der Waals surface area contributed by atoms with Crippen LogP contribution >= 0.6 is 0 Å². The van der Waals surface area contributed by atoms with Crippen molar-refractivity contribution < 1.29 is 13.7 Å². The summed E-state index contributed by atoms with van der Waals surface area (Å²) in [7, 11) is -0.927. The molecule has 86 valence electrons. The van der Waals surface area contributed by atoms with Crippen LogP contribution in [0.15, 0.2) is 0 Å². The Morgan fingerprint density at radius 1 is 1.27 bits per heavy atom. The van der Waals surface area contributed by atoms with Crippen molar-refractivity contribution >= 4 is 16.6 Å². The third-order valence-electron chi connectivity index (χ3n) is 3.34. The van der Waals surface area contributed by atoms with Gasteiger partial charge in [-0.05, 0) is 19.3 Å². The van der Waals surface area contributed by atoms with E-state index in [9.17, 15) is 9.00 Å². The number of ketones is 1. The van der Waals surface area contributed by atoms with Gasteiger partial charge in [-0.1, -0.05) is 12.8 Å². The molecule has 0 N–H and O–H groups in total. The molecule has 0 amide bonds. The molecule has 1 aliphatic heterocycles. The second kappa shape index (κ2) is 5.21. The van der Waals surface area contributed by atoms with E-state index in [1.165, 1.54) is 12.8 Å². The molecule has 1 saturated carbocycles. The maximum absolute atomic E-state index is 11.9. The second-order valence-electron chi connectivity index (χ2n) is 4.46. The van der Waals surface area contributed by atoms with Gasteiger partial charge in [-0.3, -0.25) is 9.00 Å². The lowest BCUT2D eigenvalue weighted by atomic mass is 10.1. The minimum atomic E-state index is -0.927. The lowest BCUT2D eigenvalue weighted by Crippen LogP contribution is -2.25. The molecule has 2 unspecified atom stereocenters. The smallest absolute Gasteiger partial charge is 0.150 e. The zero-order chi connectivity index (χ0) is 10.7. The predicted molar refractivity (Wildman–Crippen MR) is 59.2 cm³/mol. The molecule has 2 rings (SSSR count). The van der Waals surface area contributed by atoms with Gasteiger partial charge in [0, 0.05) is 28.6 Å². The number of hydrogen-bond acceptors (Lipinski definition) is 3. The van der Waals surface area contributed by atoms with Crippen molar-refractivity contribution in [3.8, 4) is 0 Å². The van der Waals surface area contributed by atoms with Crippen molar-refractivity contribution in [3.05, 3.63) is 0 Å². The Labute approximate surface area is 93.0 Å². The number of hydrogen-bond donors (Lipinski definition) is 0. The molecule has 0 aromatic rings. The Morgan fingerprint density at radius 3 is 2.60 bits per heavy atom. The van der Waals surface area contributed by atoms with Crippen LogP contribution in [0.1, 0.15) is 32.1 Å². The van der Waals surface area contributed by atoms with Gasteiger partial charge in [-0.15, -0.1) is 0 Å². The fourth-order valence-corrected chi connectivity index (χ4v) is 3.93. The quantitative estimate of drug-likeness (QED) is 0.731. The van der Waals surface area contributed by atoms with Gasteiger partial charge >= 0.3 is 0 Å². The van der Waals surface area contributed by atoms with Crippen LogP contribution in [0.4, 0.5) is 0 Å². The SMILES string of the molecule is O=C(CS(=O)C1CCCC1)C1CCOC1. The van der Waals surface area contributed by atoms with Gasteiger partial charge in [0.15, 0.2) is 5.78 Å². The van der Waals surface area contributed by atoms with Gasteiger partial charge in [-0.25, -0.2) is 0 Å². The van der Waals surface area contributed by atoms with E-state index in [0.29, 0.717) is 13.2 Å². The molecule has 4 heteroatoms. The standard InChI is InChI=1S/C11H18O3S/c12-11(9-5-6-14-7-9)8-15(13)10-3-1-2-4-10/h9-10H,1-8H2. The molecule has 2 fully saturated rings. The molecule has 1 aliphatic carbocycles. The molecule has 0 bridgehead atoms. The van der Waals surface area contributed by atoms with Gasteiger partial charge < -0.3 is 4.74 Å². The van der Waals surface area contributed by atoms with Crippen molar-refractivity contribution in [2.24, 2.45) is 5.92 Å². The van der Waals surface area contributed by atoms with E-state index >= 15 is 0 Å². The highest BCUT2D eigenvalue weighted by Gasteiger charge is 2.28. The number of carbonyl (C=O) groups is 1. The summed E-state index contributed by atoms with van der Waals surface area (Å²) in [6, 6.07) is 0. The summed E-state index contributed by atoms with van der Waals surface area (Å²) in [4.78, 5) is 11.7. The summed E-state index contributed by atoms with van der Waals surface area (Å²) in [6.07, 6.45) is 5.26. The molecule has 15 heavy (non-hydrogen) atoms. The summed E-state index contributed by atoms with van der Waals surface area (Å²) in [5.74, 6) is 0.437. The van der Waals surface area contributed by atoms with E-state index in [2.05, 4.69) is 0 Å². The Bertz CT molecular complexity index is 227. The highest BCUT2D eigenvalue weighted by Crippen LogP contribution is 2.24. The lowest BCUT2D eigenvalue weighted by molar-refractivity contribution is -0.120. The Kier molecular flexibility index (Phi) is 3.92. The van der Waals surface area contributed by atoms with E-state index in [0.717, 1.165) is 19.3 Å². The summed E-state index contributed by atoms with van der Waals surface area (Å²) < 4.78 is 17.0. The lowest BCUT2D eigenvalue weighted by Gasteiger charge is -2.10. The molecule has 3 nitrogen and oxygen atoms in total. The summed E-state index contributed by atoms with van der Waals surface area (Å²) in [6.45, 7) is 1.23. The van der Waals surface area contributed by atoms with Crippen molar-refractivity contribution in [2.45, 2.75) is 37.4 Å². The van der Waals surface area contributed by atoms with Gasteiger partial charge in [-0.2, -0.15) is 0 Å². The van der Waals surface area contributed by atoms with Crippen molar-refractivity contribution in [3.63, 3.8) is 0 Å². The molecule has 0 spiro atoms. The third kappa shape index (κ3) is 2.88. The summed E-state index contributed by atoms with van der Waals surface area (Å²) >= 11 is 0. The van der Waals surface area contributed by atoms with Crippen LogP contribution in [0.25, 0.3) is 0 Å². The number of ether oxygens (including phenoxy) is 1. The van der Waals surface area contributed by atoms with Gasteiger partial charge in [0.05, 0.1) is 12.4 Å². The zero-order valence-corrected chi connectivity index (χ0v) is 9.76. The maximum atomic E-state index is 11.9. The first-order valence-corrected chi connectivity index (χ1v) is 7.13. The zero-order valence-electron chi connectivity index (χ0n) is 8.94. The normalized spacial score (nSPS) is 29.5. The summed E-state index contributed by atoms with van der Waals surface area (Å²) in [5.41, 5.74) is 0. The topological polar surface area (TPSA) is 43.4 Å². The highest BCUT2D eigenvalue weighted by atomic mass is 32.2. The number of carbonyl (C=O) groups excluding carboxylic acids is 1. The Morgan fingerprint density at radius 2 is 2.00 bits per heavy atom. The fourth-order valence-electron chi connectivity index (χ4n) is 2.32. The molecule has 0 radical (unpaired) electrons. The van der Waals surface area contributed by atoms with E-state index in [-0.39, 0.29) is 22.7 Å². The third-order valence-corrected chi connectivity index (χ3v) is 5.13. The molecule has 2 atom stereocenters.